The van der Waals surface area contributed by atoms with Crippen LogP contribution in [0.15, 0.2) is 12.3 Å². The van der Waals surface area contributed by atoms with Crippen molar-refractivity contribution in [1.29, 1.82) is 0 Å². The monoisotopic (exact) mass is 243 g/mol. The normalized spacial score (nSPS) is 19.7. The van der Waals surface area contributed by atoms with Gasteiger partial charge in [0.25, 0.3) is 5.69 Å². The van der Waals surface area contributed by atoms with Gasteiger partial charge in [0.1, 0.15) is 12.0 Å². The Kier molecular flexibility index (Phi) is 3.21. The van der Waals surface area contributed by atoms with Crippen LogP contribution in [0.2, 0.25) is 5.02 Å². The first-order valence-electron chi connectivity index (χ1n) is 4.81. The lowest BCUT2D eigenvalue weighted by Gasteiger charge is -2.11. The van der Waals surface area contributed by atoms with Gasteiger partial charge in [-0.05, 0) is 6.42 Å². The van der Waals surface area contributed by atoms with Gasteiger partial charge in [0, 0.05) is 12.7 Å². The summed E-state index contributed by atoms with van der Waals surface area (Å²) in [5.74, 6) is 0.461. The highest BCUT2D eigenvalue weighted by Gasteiger charge is 2.18. The Morgan fingerprint density at radius 3 is 3.06 bits per heavy atom. The minimum absolute atomic E-state index is 0.113. The zero-order valence-electron chi connectivity index (χ0n) is 8.35. The van der Waals surface area contributed by atoms with Crippen LogP contribution in [-0.2, 0) is 4.74 Å². The number of anilines is 1. The molecule has 6 nitrogen and oxygen atoms in total. The molecule has 0 aliphatic carbocycles. The molecule has 0 amide bonds. The average Bonchev–Trinajstić information content (AvgIpc) is 2.73. The quantitative estimate of drug-likeness (QED) is 0.647. The molecule has 1 aliphatic heterocycles. The number of nitrogens with one attached hydrogen (secondary N) is 1. The van der Waals surface area contributed by atoms with Gasteiger partial charge >= 0.3 is 0 Å². The van der Waals surface area contributed by atoms with Gasteiger partial charge in [0.05, 0.1) is 22.6 Å². The molecule has 0 saturated carbocycles. The van der Waals surface area contributed by atoms with E-state index in [1.165, 1.54) is 12.3 Å². The van der Waals surface area contributed by atoms with Crippen LogP contribution in [0, 0.1) is 10.1 Å². The lowest BCUT2D eigenvalue weighted by molar-refractivity contribution is -0.385. The fourth-order valence-corrected chi connectivity index (χ4v) is 1.69. The number of rotatable bonds is 3. The number of nitro groups is 1. The molecular weight excluding hydrogens is 234 g/mol. The SMILES string of the molecule is O=[N+]([O-])c1cnc(NC2CCOC2)c(Cl)c1. The summed E-state index contributed by atoms with van der Waals surface area (Å²) in [7, 11) is 0. The zero-order chi connectivity index (χ0) is 11.5. The highest BCUT2D eigenvalue weighted by atomic mass is 35.5. The molecule has 1 aromatic rings. The topological polar surface area (TPSA) is 77.3 Å². The van der Waals surface area contributed by atoms with Crippen LogP contribution in [0.1, 0.15) is 6.42 Å². The van der Waals surface area contributed by atoms with Crippen LogP contribution in [-0.4, -0.2) is 29.2 Å². The van der Waals surface area contributed by atoms with Gasteiger partial charge in [0.15, 0.2) is 0 Å². The van der Waals surface area contributed by atoms with Crippen molar-refractivity contribution in [3.05, 3.63) is 27.4 Å². The molecule has 1 unspecified atom stereocenters. The molecule has 0 bridgehead atoms. The van der Waals surface area contributed by atoms with Gasteiger partial charge in [0.2, 0.25) is 0 Å². The van der Waals surface area contributed by atoms with Crippen molar-refractivity contribution in [1.82, 2.24) is 4.98 Å². The number of pyridine rings is 1. The number of ether oxygens (including phenoxy) is 1. The Morgan fingerprint density at radius 2 is 2.50 bits per heavy atom. The van der Waals surface area contributed by atoms with E-state index in [1.807, 2.05) is 0 Å². The second-order valence-electron chi connectivity index (χ2n) is 3.49. The molecule has 1 aliphatic rings. The van der Waals surface area contributed by atoms with Crippen LogP contribution < -0.4 is 5.32 Å². The highest BCUT2D eigenvalue weighted by Crippen LogP contribution is 2.25. The van der Waals surface area contributed by atoms with Crippen LogP contribution in [0.4, 0.5) is 11.5 Å². The minimum atomic E-state index is -0.526. The lowest BCUT2D eigenvalue weighted by atomic mass is 10.2. The number of halogens is 1. The predicted octanol–water partition coefficient (Wildman–Crippen LogP) is 1.84. The van der Waals surface area contributed by atoms with E-state index < -0.39 is 4.92 Å². The van der Waals surface area contributed by atoms with Gasteiger partial charge in [-0.1, -0.05) is 11.6 Å². The van der Waals surface area contributed by atoms with Gasteiger partial charge in [-0.25, -0.2) is 4.98 Å². The van der Waals surface area contributed by atoms with E-state index >= 15 is 0 Å². The van der Waals surface area contributed by atoms with Crippen molar-refractivity contribution in [2.75, 3.05) is 18.5 Å². The largest absolute Gasteiger partial charge is 0.379 e. The summed E-state index contributed by atoms with van der Waals surface area (Å²) in [6.07, 6.45) is 2.07. The molecule has 1 atom stereocenters. The van der Waals surface area contributed by atoms with E-state index in [1.54, 1.807) is 0 Å². The first-order chi connectivity index (χ1) is 7.66. The predicted molar refractivity (Wildman–Crippen MR) is 58.7 cm³/mol. The number of hydrogen-bond acceptors (Lipinski definition) is 5. The molecule has 0 radical (unpaired) electrons. The Bertz CT molecular complexity index is 407. The summed E-state index contributed by atoms with van der Waals surface area (Å²) in [5, 5.41) is 13.8. The summed E-state index contributed by atoms with van der Waals surface area (Å²) in [5.41, 5.74) is -0.113. The van der Waals surface area contributed by atoms with Crippen molar-refractivity contribution in [3.63, 3.8) is 0 Å². The second kappa shape index (κ2) is 4.63. The molecule has 1 saturated heterocycles. The molecule has 2 heterocycles. The lowest BCUT2D eigenvalue weighted by Crippen LogP contribution is -2.19. The van der Waals surface area contributed by atoms with E-state index in [0.717, 1.165) is 6.42 Å². The van der Waals surface area contributed by atoms with Gasteiger partial charge in [-0.3, -0.25) is 10.1 Å². The Morgan fingerprint density at radius 1 is 1.69 bits per heavy atom. The molecule has 16 heavy (non-hydrogen) atoms. The van der Waals surface area contributed by atoms with Crippen molar-refractivity contribution in [3.8, 4) is 0 Å². The van der Waals surface area contributed by atoms with Crippen molar-refractivity contribution in [2.24, 2.45) is 0 Å². The fourth-order valence-electron chi connectivity index (χ4n) is 1.48. The fraction of sp³-hybridized carbons (Fsp3) is 0.444. The number of nitrogens with zero attached hydrogens (tertiary/aromatic N) is 2. The third kappa shape index (κ3) is 2.40. The maximum Gasteiger partial charge on any atom is 0.289 e. The summed E-state index contributed by atoms with van der Waals surface area (Å²) in [4.78, 5) is 13.9. The first kappa shape index (κ1) is 11.1. The third-order valence-corrected chi connectivity index (χ3v) is 2.60. The summed E-state index contributed by atoms with van der Waals surface area (Å²) >= 11 is 5.88. The van der Waals surface area contributed by atoms with E-state index in [9.17, 15) is 10.1 Å². The van der Waals surface area contributed by atoms with Crippen molar-refractivity contribution < 1.29 is 9.66 Å². The highest BCUT2D eigenvalue weighted by molar-refractivity contribution is 6.33. The maximum atomic E-state index is 10.5. The smallest absolute Gasteiger partial charge is 0.289 e. The molecular formula is C9H10ClN3O3. The van der Waals surface area contributed by atoms with Gasteiger partial charge < -0.3 is 10.1 Å². The molecule has 2 rings (SSSR count). The van der Waals surface area contributed by atoms with Crippen LogP contribution in [0.25, 0.3) is 0 Å². The van der Waals surface area contributed by atoms with E-state index in [-0.39, 0.29) is 16.8 Å². The minimum Gasteiger partial charge on any atom is -0.379 e. The number of hydrogen-bond donors (Lipinski definition) is 1. The van der Waals surface area contributed by atoms with Gasteiger partial charge in [-0.2, -0.15) is 0 Å². The molecule has 7 heteroatoms. The Labute approximate surface area is 96.7 Å². The summed E-state index contributed by atoms with van der Waals surface area (Å²) in [6, 6.07) is 1.46. The Balaban J connectivity index is 2.12. The third-order valence-electron chi connectivity index (χ3n) is 2.31. The maximum absolute atomic E-state index is 10.5. The van der Waals surface area contributed by atoms with Crippen molar-refractivity contribution >= 4 is 23.1 Å². The van der Waals surface area contributed by atoms with E-state index in [0.29, 0.717) is 19.0 Å². The molecule has 86 valence electrons. The average molecular weight is 244 g/mol. The van der Waals surface area contributed by atoms with Crippen LogP contribution in [0.3, 0.4) is 0 Å². The zero-order valence-corrected chi connectivity index (χ0v) is 9.11. The second-order valence-corrected chi connectivity index (χ2v) is 3.89. The van der Waals surface area contributed by atoms with Crippen molar-refractivity contribution in [2.45, 2.75) is 12.5 Å². The van der Waals surface area contributed by atoms with Gasteiger partial charge in [-0.15, -0.1) is 0 Å². The van der Waals surface area contributed by atoms with Crippen LogP contribution >= 0.6 is 11.6 Å². The molecule has 0 spiro atoms. The summed E-state index contributed by atoms with van der Waals surface area (Å²) in [6.45, 7) is 1.32. The van der Waals surface area contributed by atoms with E-state index in [2.05, 4.69) is 10.3 Å². The molecule has 0 aromatic carbocycles. The molecule has 1 N–H and O–H groups in total. The molecule has 1 aromatic heterocycles. The molecule has 1 fully saturated rings. The number of aromatic nitrogens is 1. The first-order valence-corrected chi connectivity index (χ1v) is 5.19. The van der Waals surface area contributed by atoms with Crippen LogP contribution in [0.5, 0.6) is 0 Å². The standard InChI is InChI=1S/C9H10ClN3O3/c10-8-3-7(13(14)15)4-11-9(8)12-6-1-2-16-5-6/h3-4,6H,1-2,5H2,(H,11,12). The Hall–Kier alpha value is -1.40. The summed E-state index contributed by atoms with van der Waals surface area (Å²) < 4.78 is 5.19. The van der Waals surface area contributed by atoms with E-state index in [4.69, 9.17) is 16.3 Å².